The smallest absolute Gasteiger partial charge is 0.191 e. The first-order valence-electron chi connectivity index (χ1n) is 11.3. The first kappa shape index (κ1) is 22.5. The minimum atomic E-state index is -0.202. The van der Waals surface area contributed by atoms with Crippen molar-refractivity contribution in [2.75, 3.05) is 49.6 Å². The van der Waals surface area contributed by atoms with Crippen molar-refractivity contribution in [3.8, 4) is 0 Å². The number of aromatic nitrogens is 2. The lowest BCUT2D eigenvalue weighted by molar-refractivity contribution is 0.624. The van der Waals surface area contributed by atoms with Crippen LogP contribution < -0.4 is 20.4 Å². The molecule has 172 valence electrons. The Morgan fingerprint density at radius 2 is 1.73 bits per heavy atom. The number of rotatable bonds is 7. The number of nitrogens with zero attached hydrogens (tertiary/aromatic N) is 5. The Morgan fingerprint density at radius 3 is 2.45 bits per heavy atom. The summed E-state index contributed by atoms with van der Waals surface area (Å²) in [5.74, 6) is 1.54. The lowest BCUT2D eigenvalue weighted by Crippen LogP contribution is -2.46. The van der Waals surface area contributed by atoms with Crippen LogP contribution in [0.2, 0.25) is 0 Å². The van der Waals surface area contributed by atoms with E-state index in [0.29, 0.717) is 6.54 Å². The summed E-state index contributed by atoms with van der Waals surface area (Å²) < 4.78 is 13.2. The molecule has 2 N–H and O–H groups in total. The Kier molecular flexibility index (Phi) is 7.68. The van der Waals surface area contributed by atoms with Crippen molar-refractivity contribution < 1.29 is 4.39 Å². The molecular formula is C25H30FN7. The Hall–Kier alpha value is -3.68. The van der Waals surface area contributed by atoms with Crippen LogP contribution in [0.5, 0.6) is 0 Å². The zero-order valence-corrected chi connectivity index (χ0v) is 18.9. The SMILES string of the molecule is CN=C(NCCc1ccccn1)NCc1ccnc(N2CCN(c3ccc(F)cc3)CC2)c1. The van der Waals surface area contributed by atoms with E-state index < -0.39 is 0 Å². The van der Waals surface area contributed by atoms with Gasteiger partial charge in [-0.1, -0.05) is 6.07 Å². The van der Waals surface area contributed by atoms with Crippen molar-refractivity contribution in [2.45, 2.75) is 13.0 Å². The van der Waals surface area contributed by atoms with Gasteiger partial charge in [-0.05, 0) is 54.1 Å². The Bertz CT molecular complexity index is 1030. The molecule has 0 saturated carbocycles. The molecule has 0 radical (unpaired) electrons. The summed E-state index contributed by atoms with van der Waals surface area (Å²) in [5.41, 5.74) is 3.26. The zero-order chi connectivity index (χ0) is 22.9. The average molecular weight is 448 g/mol. The number of hydrogen-bond donors (Lipinski definition) is 2. The highest BCUT2D eigenvalue weighted by molar-refractivity contribution is 5.79. The molecule has 1 aromatic carbocycles. The molecule has 0 unspecified atom stereocenters. The predicted molar refractivity (Wildman–Crippen MR) is 131 cm³/mol. The van der Waals surface area contributed by atoms with Gasteiger partial charge in [0, 0.05) is 76.5 Å². The maximum absolute atomic E-state index is 13.2. The molecule has 1 aliphatic rings. The van der Waals surface area contributed by atoms with Crippen molar-refractivity contribution >= 4 is 17.5 Å². The van der Waals surface area contributed by atoms with Crippen LogP contribution in [0.4, 0.5) is 15.9 Å². The number of halogens is 1. The third-order valence-electron chi connectivity index (χ3n) is 5.69. The van der Waals surface area contributed by atoms with E-state index in [9.17, 15) is 4.39 Å². The average Bonchev–Trinajstić information content (AvgIpc) is 2.87. The second kappa shape index (κ2) is 11.3. The van der Waals surface area contributed by atoms with Crippen LogP contribution in [-0.4, -0.2) is 55.7 Å². The standard InChI is InChI=1S/C25H30FN7/c1-27-25(30-13-10-22-4-2-3-11-28-22)31-19-20-9-12-29-24(18-20)33-16-14-32(15-17-33)23-7-5-21(26)6-8-23/h2-9,11-12,18H,10,13-17,19H2,1H3,(H2,27,30,31). The Labute approximate surface area is 194 Å². The number of pyridine rings is 2. The molecule has 1 saturated heterocycles. The molecule has 1 aliphatic heterocycles. The van der Waals surface area contributed by atoms with Crippen molar-refractivity contribution in [1.29, 1.82) is 0 Å². The molecule has 0 bridgehead atoms. The van der Waals surface area contributed by atoms with E-state index in [1.807, 2.05) is 48.8 Å². The molecule has 7 nitrogen and oxygen atoms in total. The van der Waals surface area contributed by atoms with Gasteiger partial charge in [0.15, 0.2) is 5.96 Å². The highest BCUT2D eigenvalue weighted by atomic mass is 19.1. The van der Waals surface area contributed by atoms with Gasteiger partial charge < -0.3 is 20.4 Å². The number of anilines is 2. The lowest BCUT2D eigenvalue weighted by atomic mass is 10.2. The molecule has 33 heavy (non-hydrogen) atoms. The van der Waals surface area contributed by atoms with Gasteiger partial charge in [0.2, 0.25) is 0 Å². The molecule has 0 atom stereocenters. The molecule has 0 amide bonds. The number of aliphatic imine (C=N–C) groups is 1. The summed E-state index contributed by atoms with van der Waals surface area (Å²) in [4.78, 5) is 17.8. The van der Waals surface area contributed by atoms with Crippen molar-refractivity contribution in [1.82, 2.24) is 20.6 Å². The molecule has 8 heteroatoms. The first-order valence-corrected chi connectivity index (χ1v) is 11.3. The molecule has 2 aromatic heterocycles. The number of benzene rings is 1. The Morgan fingerprint density at radius 1 is 0.939 bits per heavy atom. The van der Waals surface area contributed by atoms with E-state index in [0.717, 1.165) is 67.9 Å². The quantitative estimate of drug-likeness (QED) is 0.429. The minimum absolute atomic E-state index is 0.202. The van der Waals surface area contributed by atoms with Crippen LogP contribution in [-0.2, 0) is 13.0 Å². The molecule has 0 spiro atoms. The van der Waals surface area contributed by atoms with Gasteiger partial charge in [-0.15, -0.1) is 0 Å². The fourth-order valence-corrected chi connectivity index (χ4v) is 3.85. The molecular weight excluding hydrogens is 417 g/mol. The van der Waals surface area contributed by atoms with Crippen molar-refractivity contribution in [3.05, 3.63) is 84.1 Å². The second-order valence-electron chi connectivity index (χ2n) is 7.90. The van der Waals surface area contributed by atoms with E-state index in [1.54, 1.807) is 7.05 Å². The van der Waals surface area contributed by atoms with Gasteiger partial charge in [-0.2, -0.15) is 0 Å². The van der Waals surface area contributed by atoms with Gasteiger partial charge in [0.05, 0.1) is 0 Å². The zero-order valence-electron chi connectivity index (χ0n) is 18.9. The van der Waals surface area contributed by atoms with E-state index >= 15 is 0 Å². The van der Waals surface area contributed by atoms with Crippen LogP contribution in [0.1, 0.15) is 11.3 Å². The highest BCUT2D eigenvalue weighted by Gasteiger charge is 2.18. The summed E-state index contributed by atoms with van der Waals surface area (Å²) in [6, 6.07) is 16.8. The normalized spacial score (nSPS) is 14.3. The van der Waals surface area contributed by atoms with E-state index in [1.165, 1.54) is 12.1 Å². The molecule has 3 aromatic rings. The maximum atomic E-state index is 13.2. The van der Waals surface area contributed by atoms with Crippen LogP contribution in [0.15, 0.2) is 72.0 Å². The summed E-state index contributed by atoms with van der Waals surface area (Å²) in [6.45, 7) is 4.92. The topological polar surface area (TPSA) is 68.7 Å². The summed E-state index contributed by atoms with van der Waals surface area (Å²) >= 11 is 0. The molecule has 3 heterocycles. The van der Waals surface area contributed by atoms with E-state index in [-0.39, 0.29) is 5.82 Å². The lowest BCUT2D eigenvalue weighted by Gasteiger charge is -2.36. The fourth-order valence-electron chi connectivity index (χ4n) is 3.85. The Balaban J connectivity index is 1.26. The maximum Gasteiger partial charge on any atom is 0.191 e. The van der Waals surface area contributed by atoms with Gasteiger partial charge >= 0.3 is 0 Å². The van der Waals surface area contributed by atoms with Gasteiger partial charge in [0.25, 0.3) is 0 Å². The second-order valence-corrected chi connectivity index (χ2v) is 7.90. The summed E-state index contributed by atoms with van der Waals surface area (Å²) in [7, 11) is 1.77. The number of nitrogens with one attached hydrogen (secondary N) is 2. The minimum Gasteiger partial charge on any atom is -0.368 e. The van der Waals surface area contributed by atoms with E-state index in [4.69, 9.17) is 0 Å². The van der Waals surface area contributed by atoms with Crippen LogP contribution in [0, 0.1) is 5.82 Å². The molecule has 4 rings (SSSR count). The van der Waals surface area contributed by atoms with Crippen molar-refractivity contribution in [3.63, 3.8) is 0 Å². The highest BCUT2D eigenvalue weighted by Crippen LogP contribution is 2.20. The predicted octanol–water partition coefficient (Wildman–Crippen LogP) is 2.85. The number of guanidine groups is 1. The molecule has 0 aliphatic carbocycles. The first-order chi connectivity index (χ1) is 16.2. The van der Waals surface area contributed by atoms with Gasteiger partial charge in [-0.25, -0.2) is 9.37 Å². The summed E-state index contributed by atoms with van der Waals surface area (Å²) in [5, 5.41) is 6.70. The number of hydrogen-bond acceptors (Lipinski definition) is 5. The molecule has 1 fully saturated rings. The van der Waals surface area contributed by atoms with Crippen LogP contribution in [0.3, 0.4) is 0 Å². The van der Waals surface area contributed by atoms with Crippen LogP contribution >= 0.6 is 0 Å². The van der Waals surface area contributed by atoms with Gasteiger partial charge in [0.1, 0.15) is 11.6 Å². The van der Waals surface area contributed by atoms with E-state index in [2.05, 4.69) is 41.5 Å². The van der Waals surface area contributed by atoms with Crippen LogP contribution in [0.25, 0.3) is 0 Å². The number of piperazine rings is 1. The third kappa shape index (κ3) is 6.41. The largest absolute Gasteiger partial charge is 0.368 e. The monoisotopic (exact) mass is 447 g/mol. The fraction of sp³-hybridized carbons (Fsp3) is 0.320. The third-order valence-corrected chi connectivity index (χ3v) is 5.69. The van der Waals surface area contributed by atoms with Crippen molar-refractivity contribution in [2.24, 2.45) is 4.99 Å². The van der Waals surface area contributed by atoms with Gasteiger partial charge in [-0.3, -0.25) is 9.98 Å². The summed E-state index contributed by atoms with van der Waals surface area (Å²) in [6.07, 6.45) is 4.51.